The van der Waals surface area contributed by atoms with Crippen LogP contribution in [0.5, 0.6) is 0 Å². The maximum Gasteiger partial charge on any atom is 0.111 e. The van der Waals surface area contributed by atoms with E-state index in [1.54, 1.807) is 0 Å². The maximum absolute atomic E-state index is 5.84. The Kier molecular flexibility index (Phi) is 2.72. The quantitative estimate of drug-likeness (QED) is 0.830. The minimum atomic E-state index is 0.552. The van der Waals surface area contributed by atoms with Gasteiger partial charge in [-0.15, -0.1) is 0 Å². The first-order chi connectivity index (χ1) is 7.90. The highest BCUT2D eigenvalue weighted by Crippen LogP contribution is 2.36. The Bertz CT molecular complexity index is 363. The summed E-state index contributed by atoms with van der Waals surface area (Å²) in [5.74, 6) is 2.63. The molecule has 1 aliphatic heterocycles. The summed E-state index contributed by atoms with van der Waals surface area (Å²) in [6.45, 7) is 1.94. The van der Waals surface area contributed by atoms with Gasteiger partial charge >= 0.3 is 0 Å². The molecule has 3 rings (SSSR count). The molecule has 88 valence electrons. The van der Waals surface area contributed by atoms with Crippen molar-refractivity contribution in [2.24, 2.45) is 5.73 Å². The molecule has 1 unspecified atom stereocenters. The van der Waals surface area contributed by atoms with Crippen molar-refractivity contribution in [3.8, 4) is 0 Å². The predicted molar refractivity (Wildman–Crippen MR) is 64.5 cm³/mol. The van der Waals surface area contributed by atoms with Gasteiger partial charge in [0.1, 0.15) is 5.82 Å². The molecule has 0 aromatic carbocycles. The number of imidazole rings is 1. The fraction of sp³-hybridized carbons (Fsp3) is 0.769. The van der Waals surface area contributed by atoms with Crippen LogP contribution in [0.15, 0.2) is 6.20 Å². The summed E-state index contributed by atoms with van der Waals surface area (Å²) in [7, 11) is 0. The third-order valence-corrected chi connectivity index (χ3v) is 4.27. The molecule has 1 atom stereocenters. The predicted octanol–water partition coefficient (Wildman–Crippen LogP) is 2.38. The number of nitrogens with zero attached hydrogens (tertiary/aromatic N) is 2. The maximum atomic E-state index is 5.84. The van der Waals surface area contributed by atoms with E-state index in [1.165, 1.54) is 50.0 Å². The molecule has 0 saturated heterocycles. The monoisotopic (exact) mass is 219 g/mol. The van der Waals surface area contributed by atoms with E-state index >= 15 is 0 Å². The largest absolute Gasteiger partial charge is 0.331 e. The molecule has 0 spiro atoms. The van der Waals surface area contributed by atoms with Crippen molar-refractivity contribution >= 4 is 0 Å². The summed E-state index contributed by atoms with van der Waals surface area (Å²) in [5.41, 5.74) is 7.24. The van der Waals surface area contributed by atoms with Crippen LogP contribution in [-0.2, 0) is 6.54 Å². The number of nitrogens with two attached hydrogens (primary N) is 1. The molecule has 3 heteroatoms. The second-order valence-electron chi connectivity index (χ2n) is 5.25. The van der Waals surface area contributed by atoms with Gasteiger partial charge in [0.05, 0.1) is 0 Å². The molecule has 0 radical (unpaired) electrons. The van der Waals surface area contributed by atoms with Gasteiger partial charge in [0.2, 0.25) is 0 Å². The number of fused-ring (bicyclic) bond motifs is 1. The van der Waals surface area contributed by atoms with Gasteiger partial charge in [-0.2, -0.15) is 0 Å². The van der Waals surface area contributed by atoms with Gasteiger partial charge in [-0.05, 0) is 25.7 Å². The van der Waals surface area contributed by atoms with Crippen molar-refractivity contribution < 1.29 is 0 Å². The number of rotatable bonds is 2. The average molecular weight is 219 g/mol. The number of hydrogen-bond donors (Lipinski definition) is 1. The van der Waals surface area contributed by atoms with E-state index in [0.717, 1.165) is 19.0 Å². The van der Waals surface area contributed by atoms with E-state index in [4.69, 9.17) is 5.73 Å². The van der Waals surface area contributed by atoms with Crippen LogP contribution in [0.3, 0.4) is 0 Å². The van der Waals surface area contributed by atoms with Crippen LogP contribution >= 0.6 is 0 Å². The van der Waals surface area contributed by atoms with Gasteiger partial charge in [-0.25, -0.2) is 4.98 Å². The molecule has 0 amide bonds. The van der Waals surface area contributed by atoms with Gasteiger partial charge in [0.15, 0.2) is 0 Å². The van der Waals surface area contributed by atoms with Crippen molar-refractivity contribution in [2.45, 2.75) is 56.9 Å². The average Bonchev–Trinajstić information content (AvgIpc) is 2.96. The highest BCUT2D eigenvalue weighted by molar-refractivity contribution is 5.16. The lowest BCUT2D eigenvalue weighted by Crippen LogP contribution is -2.23. The number of aromatic nitrogens is 2. The summed E-state index contributed by atoms with van der Waals surface area (Å²) in [5, 5.41) is 0. The molecule has 0 bridgehead atoms. The Balaban J connectivity index is 1.93. The summed E-state index contributed by atoms with van der Waals surface area (Å²) in [6, 6.07) is 0. The standard InChI is InChI=1S/C13H21N3/c14-8-11-6-3-7-16-12(11)9-15-13(16)10-4-1-2-5-10/h9-11H,1-8,14H2. The fourth-order valence-corrected chi connectivity index (χ4v) is 3.37. The first-order valence-corrected chi connectivity index (χ1v) is 6.65. The van der Waals surface area contributed by atoms with E-state index in [0.29, 0.717) is 5.92 Å². The van der Waals surface area contributed by atoms with Gasteiger partial charge in [-0.3, -0.25) is 0 Å². The first-order valence-electron chi connectivity index (χ1n) is 6.65. The van der Waals surface area contributed by atoms with E-state index in [1.807, 2.05) is 0 Å². The molecule has 2 N–H and O–H groups in total. The Morgan fingerprint density at radius 2 is 2.06 bits per heavy atom. The van der Waals surface area contributed by atoms with Gasteiger partial charge in [-0.1, -0.05) is 12.8 Å². The second kappa shape index (κ2) is 4.21. The topological polar surface area (TPSA) is 43.8 Å². The summed E-state index contributed by atoms with van der Waals surface area (Å²) in [6.07, 6.45) is 10.0. The molecule has 1 saturated carbocycles. The summed E-state index contributed by atoms with van der Waals surface area (Å²) in [4.78, 5) is 4.69. The van der Waals surface area contributed by atoms with Gasteiger partial charge < -0.3 is 10.3 Å². The molecule has 1 aromatic rings. The smallest absolute Gasteiger partial charge is 0.111 e. The molecule has 16 heavy (non-hydrogen) atoms. The molecule has 1 aliphatic carbocycles. The highest BCUT2D eigenvalue weighted by Gasteiger charge is 2.27. The minimum absolute atomic E-state index is 0.552. The van der Waals surface area contributed by atoms with Crippen LogP contribution in [0.4, 0.5) is 0 Å². The zero-order chi connectivity index (χ0) is 11.0. The zero-order valence-corrected chi connectivity index (χ0v) is 9.86. The van der Waals surface area contributed by atoms with Crippen molar-refractivity contribution in [2.75, 3.05) is 6.54 Å². The van der Waals surface area contributed by atoms with E-state index in [9.17, 15) is 0 Å². The van der Waals surface area contributed by atoms with Crippen LogP contribution < -0.4 is 5.73 Å². The van der Waals surface area contributed by atoms with Crippen LogP contribution in [0, 0.1) is 0 Å². The Hall–Kier alpha value is -0.830. The first kappa shape index (κ1) is 10.3. The highest BCUT2D eigenvalue weighted by atomic mass is 15.1. The summed E-state index contributed by atoms with van der Waals surface area (Å²) >= 11 is 0. The van der Waals surface area contributed by atoms with Crippen LogP contribution in [0.25, 0.3) is 0 Å². The normalized spacial score (nSPS) is 25.9. The van der Waals surface area contributed by atoms with E-state index < -0.39 is 0 Å². The molecular weight excluding hydrogens is 198 g/mol. The second-order valence-corrected chi connectivity index (χ2v) is 5.25. The number of hydrogen-bond acceptors (Lipinski definition) is 2. The Labute approximate surface area is 97.0 Å². The SMILES string of the molecule is NCC1CCCn2c1cnc2C1CCCC1. The minimum Gasteiger partial charge on any atom is -0.331 e. The van der Waals surface area contributed by atoms with Crippen LogP contribution in [0.2, 0.25) is 0 Å². The molecule has 1 aromatic heterocycles. The third kappa shape index (κ3) is 1.58. The molecule has 2 aliphatic rings. The molecule has 1 fully saturated rings. The van der Waals surface area contributed by atoms with Crippen molar-refractivity contribution in [3.63, 3.8) is 0 Å². The zero-order valence-electron chi connectivity index (χ0n) is 9.86. The Morgan fingerprint density at radius 3 is 2.81 bits per heavy atom. The van der Waals surface area contributed by atoms with Crippen LogP contribution in [-0.4, -0.2) is 16.1 Å². The van der Waals surface area contributed by atoms with Crippen molar-refractivity contribution in [3.05, 3.63) is 17.7 Å². The third-order valence-electron chi connectivity index (χ3n) is 4.27. The fourth-order valence-electron chi connectivity index (χ4n) is 3.37. The van der Waals surface area contributed by atoms with E-state index in [-0.39, 0.29) is 0 Å². The van der Waals surface area contributed by atoms with Crippen molar-refractivity contribution in [1.29, 1.82) is 0 Å². The lowest BCUT2D eigenvalue weighted by atomic mass is 9.96. The summed E-state index contributed by atoms with van der Waals surface area (Å²) < 4.78 is 2.47. The van der Waals surface area contributed by atoms with Gasteiger partial charge in [0.25, 0.3) is 0 Å². The lowest BCUT2D eigenvalue weighted by Gasteiger charge is -2.25. The lowest BCUT2D eigenvalue weighted by molar-refractivity contribution is 0.438. The molecule has 3 nitrogen and oxygen atoms in total. The Morgan fingerprint density at radius 1 is 1.25 bits per heavy atom. The van der Waals surface area contributed by atoms with E-state index in [2.05, 4.69) is 15.7 Å². The molecule has 2 heterocycles. The van der Waals surface area contributed by atoms with Gasteiger partial charge in [0, 0.05) is 36.8 Å². The van der Waals surface area contributed by atoms with Crippen LogP contribution in [0.1, 0.15) is 61.9 Å². The molecular formula is C13H21N3. The van der Waals surface area contributed by atoms with Crippen molar-refractivity contribution in [1.82, 2.24) is 9.55 Å².